The molecular formula is C35H32F3N3O3. The molecule has 4 aromatic rings. The molecule has 1 saturated heterocycles. The van der Waals surface area contributed by atoms with Gasteiger partial charge in [-0.1, -0.05) is 78.0 Å². The summed E-state index contributed by atoms with van der Waals surface area (Å²) in [5.41, 5.74) is 6.41. The zero-order chi connectivity index (χ0) is 30.3. The number of phenols is 1. The lowest BCUT2D eigenvalue weighted by Crippen LogP contribution is -2.47. The van der Waals surface area contributed by atoms with E-state index in [2.05, 4.69) is 44.0 Å². The van der Waals surface area contributed by atoms with E-state index < -0.39 is 12.6 Å². The Morgan fingerprint density at radius 1 is 0.818 bits per heavy atom. The molecule has 9 heteroatoms. The Kier molecular flexibility index (Phi) is 7.52. The molecule has 1 fully saturated rings. The van der Waals surface area contributed by atoms with E-state index in [4.69, 9.17) is 4.84 Å². The fraction of sp³-hybridized carbons (Fsp3) is 0.286. The van der Waals surface area contributed by atoms with Crippen molar-refractivity contribution in [1.29, 1.82) is 0 Å². The van der Waals surface area contributed by atoms with Crippen LogP contribution in [0, 0.1) is 0 Å². The van der Waals surface area contributed by atoms with E-state index in [0.717, 1.165) is 47.6 Å². The van der Waals surface area contributed by atoms with Crippen molar-refractivity contribution in [3.8, 4) is 11.5 Å². The Balaban J connectivity index is 1.31. The minimum atomic E-state index is -4.79. The van der Waals surface area contributed by atoms with E-state index in [1.54, 1.807) is 24.3 Å². The van der Waals surface area contributed by atoms with Crippen LogP contribution < -0.4 is 4.74 Å². The average Bonchev–Trinajstić information content (AvgIpc) is 3.68. The number of ether oxygens (including phenoxy) is 1. The van der Waals surface area contributed by atoms with Crippen LogP contribution in [0.3, 0.4) is 0 Å². The molecule has 0 spiro atoms. The number of benzene rings is 4. The molecule has 0 aliphatic carbocycles. The molecule has 0 aromatic heterocycles. The van der Waals surface area contributed by atoms with Crippen molar-refractivity contribution in [3.63, 3.8) is 0 Å². The molecule has 0 saturated carbocycles. The Bertz CT molecular complexity index is 1650. The highest BCUT2D eigenvalue weighted by molar-refractivity contribution is 6.06. The number of halogens is 3. The fourth-order valence-corrected chi connectivity index (χ4v) is 6.77. The summed E-state index contributed by atoms with van der Waals surface area (Å²) in [6.07, 6.45) is -2.89. The van der Waals surface area contributed by atoms with Gasteiger partial charge in [0.2, 0.25) is 0 Å². The number of rotatable bonds is 7. The normalized spacial score (nSPS) is 21.8. The van der Waals surface area contributed by atoms with E-state index >= 15 is 0 Å². The second kappa shape index (κ2) is 11.6. The highest BCUT2D eigenvalue weighted by Crippen LogP contribution is 2.49. The standard InChI is InChI=1S/C35H32F3N3O3/c36-35(37,38)43-28-10-6-7-24(19-28)22-41-33(26-13-11-23(12-14-26)21-40-17-4-5-18-40)30-20-27(42)15-16-29(30)31-32(39-44-34(31)41)25-8-2-1-3-9-25/h1-3,6-16,19-20,31,33-34,42H,4-5,17-18,21-22H2/t31-,33+,34+/m0/s1. The summed E-state index contributed by atoms with van der Waals surface area (Å²) in [6.45, 7) is 3.35. The van der Waals surface area contributed by atoms with Crippen molar-refractivity contribution in [3.05, 3.63) is 130 Å². The lowest BCUT2D eigenvalue weighted by Gasteiger charge is -2.43. The van der Waals surface area contributed by atoms with Crippen molar-refractivity contribution in [2.75, 3.05) is 13.1 Å². The van der Waals surface area contributed by atoms with Crippen molar-refractivity contribution in [2.45, 2.75) is 50.5 Å². The van der Waals surface area contributed by atoms with Gasteiger partial charge >= 0.3 is 6.36 Å². The zero-order valence-corrected chi connectivity index (χ0v) is 24.0. The number of phenolic OH excluding ortho intramolecular Hbond substituents is 1. The predicted molar refractivity (Wildman–Crippen MR) is 160 cm³/mol. The fourth-order valence-electron chi connectivity index (χ4n) is 6.77. The molecule has 3 aliphatic heterocycles. The summed E-state index contributed by atoms with van der Waals surface area (Å²) in [5.74, 6) is -0.429. The summed E-state index contributed by atoms with van der Waals surface area (Å²) in [4.78, 5) is 10.8. The summed E-state index contributed by atoms with van der Waals surface area (Å²) in [7, 11) is 0. The van der Waals surface area contributed by atoms with Crippen LogP contribution in [0.4, 0.5) is 13.2 Å². The minimum Gasteiger partial charge on any atom is -0.508 e. The SMILES string of the molecule is Oc1ccc2c(c1)[C@@H](c1ccc(CN3CCCC3)cc1)N(Cc1cccc(OC(F)(F)F)c1)[C@@H]1ON=C(c3ccccc3)[C@H]21. The molecule has 0 amide bonds. The number of fused-ring (bicyclic) bond motifs is 3. The lowest BCUT2D eigenvalue weighted by atomic mass is 9.77. The van der Waals surface area contributed by atoms with Crippen LogP contribution >= 0.6 is 0 Å². The van der Waals surface area contributed by atoms with Gasteiger partial charge in [-0.15, -0.1) is 13.2 Å². The van der Waals surface area contributed by atoms with Crippen LogP contribution in [0.5, 0.6) is 11.5 Å². The third-order valence-electron chi connectivity index (χ3n) is 8.66. The van der Waals surface area contributed by atoms with Gasteiger partial charge in [0.25, 0.3) is 0 Å². The van der Waals surface area contributed by atoms with Gasteiger partial charge < -0.3 is 14.7 Å². The highest BCUT2D eigenvalue weighted by atomic mass is 19.4. The number of hydrogen-bond acceptors (Lipinski definition) is 6. The van der Waals surface area contributed by atoms with Gasteiger partial charge in [0.1, 0.15) is 11.5 Å². The van der Waals surface area contributed by atoms with E-state index in [0.29, 0.717) is 5.56 Å². The molecule has 226 valence electrons. The van der Waals surface area contributed by atoms with Crippen LogP contribution in [-0.2, 0) is 17.9 Å². The molecule has 0 bridgehead atoms. The maximum absolute atomic E-state index is 13.1. The maximum atomic E-state index is 13.1. The topological polar surface area (TPSA) is 57.5 Å². The molecule has 3 heterocycles. The molecule has 7 rings (SSSR count). The van der Waals surface area contributed by atoms with Crippen LogP contribution in [0.1, 0.15) is 58.2 Å². The zero-order valence-electron chi connectivity index (χ0n) is 24.0. The number of likely N-dealkylation sites (tertiary alicyclic amines) is 1. The second-order valence-electron chi connectivity index (χ2n) is 11.6. The van der Waals surface area contributed by atoms with E-state index in [-0.39, 0.29) is 30.0 Å². The van der Waals surface area contributed by atoms with E-state index in [1.807, 2.05) is 36.4 Å². The van der Waals surface area contributed by atoms with Gasteiger partial charge in [-0.3, -0.25) is 4.90 Å². The smallest absolute Gasteiger partial charge is 0.508 e. The van der Waals surface area contributed by atoms with Gasteiger partial charge in [-0.05, 0) is 78.0 Å². The van der Waals surface area contributed by atoms with Gasteiger partial charge in [0, 0.05) is 18.7 Å². The van der Waals surface area contributed by atoms with Gasteiger partial charge in [-0.25, -0.2) is 4.90 Å². The monoisotopic (exact) mass is 599 g/mol. The van der Waals surface area contributed by atoms with Crippen molar-refractivity contribution in [1.82, 2.24) is 9.80 Å². The summed E-state index contributed by atoms with van der Waals surface area (Å²) in [6, 6.07) is 29.4. The van der Waals surface area contributed by atoms with Crippen LogP contribution in [-0.4, -0.2) is 46.3 Å². The van der Waals surface area contributed by atoms with Crippen LogP contribution in [0.15, 0.2) is 102 Å². The van der Waals surface area contributed by atoms with Gasteiger partial charge in [0.15, 0.2) is 6.23 Å². The molecular weight excluding hydrogens is 567 g/mol. The number of nitrogens with zero attached hydrogens (tertiary/aromatic N) is 3. The molecule has 44 heavy (non-hydrogen) atoms. The first-order valence-corrected chi connectivity index (χ1v) is 14.9. The Morgan fingerprint density at radius 3 is 2.34 bits per heavy atom. The molecule has 3 atom stereocenters. The predicted octanol–water partition coefficient (Wildman–Crippen LogP) is 7.34. The summed E-state index contributed by atoms with van der Waals surface area (Å²) < 4.78 is 43.4. The average molecular weight is 600 g/mol. The third-order valence-corrected chi connectivity index (χ3v) is 8.66. The van der Waals surface area contributed by atoms with Crippen molar-refractivity contribution >= 4 is 5.71 Å². The number of aromatic hydroxyl groups is 1. The molecule has 1 N–H and O–H groups in total. The minimum absolute atomic E-state index is 0.135. The molecule has 4 aromatic carbocycles. The number of hydrogen-bond donors (Lipinski definition) is 1. The Hall–Kier alpha value is -4.34. The summed E-state index contributed by atoms with van der Waals surface area (Å²) >= 11 is 0. The van der Waals surface area contributed by atoms with Crippen molar-refractivity contribution in [2.24, 2.45) is 5.16 Å². The highest BCUT2D eigenvalue weighted by Gasteiger charge is 2.49. The molecule has 0 radical (unpaired) electrons. The maximum Gasteiger partial charge on any atom is 0.573 e. The molecule has 0 unspecified atom stereocenters. The first kappa shape index (κ1) is 28.4. The van der Waals surface area contributed by atoms with Crippen molar-refractivity contribution < 1.29 is 27.9 Å². The van der Waals surface area contributed by atoms with E-state index in [1.165, 1.54) is 30.5 Å². The first-order valence-electron chi connectivity index (χ1n) is 14.9. The van der Waals surface area contributed by atoms with Crippen LogP contribution in [0.25, 0.3) is 0 Å². The molecule has 3 aliphatic rings. The Morgan fingerprint density at radius 2 is 1.59 bits per heavy atom. The van der Waals surface area contributed by atoms with E-state index in [9.17, 15) is 18.3 Å². The van der Waals surface area contributed by atoms with Gasteiger partial charge in [0.05, 0.1) is 17.7 Å². The number of oxime groups is 1. The largest absolute Gasteiger partial charge is 0.573 e. The lowest BCUT2D eigenvalue weighted by molar-refractivity contribution is -0.274. The quantitative estimate of drug-likeness (QED) is 0.241. The van der Waals surface area contributed by atoms with Crippen LogP contribution in [0.2, 0.25) is 0 Å². The first-order chi connectivity index (χ1) is 21.3. The second-order valence-corrected chi connectivity index (χ2v) is 11.6. The van der Waals surface area contributed by atoms with Gasteiger partial charge in [-0.2, -0.15) is 0 Å². The Labute approximate surface area is 253 Å². The third kappa shape index (κ3) is 5.77. The number of alkyl halides is 3. The summed E-state index contributed by atoms with van der Waals surface area (Å²) in [5, 5.41) is 15.3. The molecule has 6 nitrogen and oxygen atoms in total.